The molecule has 2 heterocycles. The Balaban J connectivity index is 1.94. The molecule has 0 aliphatic rings. The molecule has 0 aliphatic heterocycles. The van der Waals surface area contributed by atoms with Crippen LogP contribution in [0.15, 0.2) is 79.1 Å². The molecule has 1 N–H and O–H groups in total. The summed E-state index contributed by atoms with van der Waals surface area (Å²) in [5, 5.41) is 14.6. The highest BCUT2D eigenvalue weighted by Gasteiger charge is 2.22. The zero-order chi connectivity index (χ0) is 16.1. The van der Waals surface area contributed by atoms with Gasteiger partial charge in [-0.1, -0.05) is 36.4 Å². The minimum Gasteiger partial charge on any atom is -0.618 e. The number of benzene rings is 1. The maximum Gasteiger partial charge on any atom is 0.318 e. The molecular weight excluding hydrogens is 290 g/mol. The maximum atomic E-state index is 12.5. The summed E-state index contributed by atoms with van der Waals surface area (Å²) in [6.07, 6.45) is 2.97. The molecule has 5 heteroatoms. The molecule has 1 atom stereocenters. The molecule has 1 aromatic carbocycles. The van der Waals surface area contributed by atoms with Gasteiger partial charge >= 0.3 is 5.91 Å². The van der Waals surface area contributed by atoms with E-state index in [4.69, 9.17) is 0 Å². The molecule has 5 nitrogen and oxygen atoms in total. The normalized spacial score (nSPS) is 11.7. The first-order valence-corrected chi connectivity index (χ1v) is 7.20. The van der Waals surface area contributed by atoms with Crippen LogP contribution in [0, 0.1) is 5.21 Å². The summed E-state index contributed by atoms with van der Waals surface area (Å²) in [6, 6.07) is 19.3. The predicted octanol–water partition coefficient (Wildman–Crippen LogP) is 2.23. The third-order valence-electron chi connectivity index (χ3n) is 3.45. The van der Waals surface area contributed by atoms with Crippen molar-refractivity contribution in [2.75, 3.05) is 0 Å². The SMILES string of the molecule is O=C(NC(c1ccccc1)c1ccccn1)c1cccc[n+]1[O-]. The zero-order valence-electron chi connectivity index (χ0n) is 12.3. The van der Waals surface area contributed by atoms with Crippen LogP contribution in [0.2, 0.25) is 0 Å². The van der Waals surface area contributed by atoms with Gasteiger partial charge < -0.3 is 10.5 Å². The van der Waals surface area contributed by atoms with Gasteiger partial charge in [-0.15, -0.1) is 0 Å². The van der Waals surface area contributed by atoms with Gasteiger partial charge in [-0.3, -0.25) is 9.78 Å². The molecule has 114 valence electrons. The van der Waals surface area contributed by atoms with Gasteiger partial charge in [0.05, 0.1) is 11.7 Å². The molecule has 1 amide bonds. The molecule has 2 aromatic heterocycles. The molecule has 0 aliphatic carbocycles. The van der Waals surface area contributed by atoms with Gasteiger partial charge in [0, 0.05) is 18.3 Å². The summed E-state index contributed by atoms with van der Waals surface area (Å²) in [7, 11) is 0. The third kappa shape index (κ3) is 3.35. The lowest BCUT2D eigenvalue weighted by Crippen LogP contribution is -2.40. The van der Waals surface area contributed by atoms with E-state index in [1.54, 1.807) is 18.3 Å². The lowest BCUT2D eigenvalue weighted by molar-refractivity contribution is -0.607. The van der Waals surface area contributed by atoms with Gasteiger partial charge in [0.1, 0.15) is 0 Å². The van der Waals surface area contributed by atoms with Gasteiger partial charge in [0.15, 0.2) is 6.20 Å². The summed E-state index contributed by atoms with van der Waals surface area (Å²) < 4.78 is 0.551. The maximum absolute atomic E-state index is 12.5. The number of carbonyl (C=O) groups excluding carboxylic acids is 1. The van der Waals surface area contributed by atoms with E-state index in [1.165, 1.54) is 12.3 Å². The average molecular weight is 305 g/mol. The summed E-state index contributed by atoms with van der Waals surface area (Å²) in [5.74, 6) is -0.444. The first-order chi connectivity index (χ1) is 11.3. The Morgan fingerprint density at radius 3 is 2.43 bits per heavy atom. The third-order valence-corrected chi connectivity index (χ3v) is 3.45. The van der Waals surface area contributed by atoms with E-state index in [2.05, 4.69) is 10.3 Å². The van der Waals surface area contributed by atoms with Gasteiger partial charge in [0.25, 0.3) is 5.69 Å². The lowest BCUT2D eigenvalue weighted by Gasteiger charge is -2.18. The Morgan fingerprint density at radius 2 is 1.74 bits per heavy atom. The summed E-state index contributed by atoms with van der Waals surface area (Å²) in [4.78, 5) is 16.8. The van der Waals surface area contributed by atoms with Crippen LogP contribution in [0.1, 0.15) is 27.8 Å². The van der Waals surface area contributed by atoms with Crippen LogP contribution in [0.25, 0.3) is 0 Å². The van der Waals surface area contributed by atoms with Crippen molar-refractivity contribution in [3.8, 4) is 0 Å². The van der Waals surface area contributed by atoms with Crippen LogP contribution >= 0.6 is 0 Å². The van der Waals surface area contributed by atoms with E-state index in [-0.39, 0.29) is 5.69 Å². The Bertz CT molecular complexity index is 752. The lowest BCUT2D eigenvalue weighted by atomic mass is 10.0. The van der Waals surface area contributed by atoms with Gasteiger partial charge in [0.2, 0.25) is 0 Å². The first-order valence-electron chi connectivity index (χ1n) is 7.20. The fraction of sp³-hybridized carbons (Fsp3) is 0.0556. The summed E-state index contributed by atoms with van der Waals surface area (Å²) in [6.45, 7) is 0. The van der Waals surface area contributed by atoms with Crippen LogP contribution in [-0.4, -0.2) is 10.9 Å². The van der Waals surface area contributed by atoms with Gasteiger partial charge in [-0.2, -0.15) is 4.73 Å². The largest absolute Gasteiger partial charge is 0.618 e. The van der Waals surface area contributed by atoms with E-state index in [0.717, 1.165) is 5.56 Å². The Hall–Kier alpha value is -3.21. The Labute approximate surface area is 133 Å². The van der Waals surface area contributed by atoms with Crippen molar-refractivity contribution in [2.24, 2.45) is 0 Å². The van der Waals surface area contributed by atoms with Crippen molar-refractivity contribution < 1.29 is 9.52 Å². The first kappa shape index (κ1) is 14.7. The highest BCUT2D eigenvalue weighted by Crippen LogP contribution is 2.20. The molecule has 3 aromatic rings. The fourth-order valence-corrected chi connectivity index (χ4v) is 2.33. The van der Waals surface area contributed by atoms with E-state index >= 15 is 0 Å². The Kier molecular flexibility index (Phi) is 4.29. The molecule has 0 bridgehead atoms. The predicted molar refractivity (Wildman–Crippen MR) is 85.4 cm³/mol. The highest BCUT2D eigenvalue weighted by molar-refractivity contribution is 5.91. The zero-order valence-corrected chi connectivity index (χ0v) is 12.3. The second kappa shape index (κ2) is 6.70. The van der Waals surface area contributed by atoms with Crippen LogP contribution < -0.4 is 10.0 Å². The number of nitrogens with one attached hydrogen (secondary N) is 1. The number of nitrogens with zero attached hydrogens (tertiary/aromatic N) is 2. The van der Waals surface area contributed by atoms with Crippen LogP contribution in [0.4, 0.5) is 0 Å². The Morgan fingerprint density at radius 1 is 1.00 bits per heavy atom. The van der Waals surface area contributed by atoms with Crippen molar-refractivity contribution in [2.45, 2.75) is 6.04 Å². The van der Waals surface area contributed by atoms with E-state index in [9.17, 15) is 10.0 Å². The molecule has 0 fully saturated rings. The van der Waals surface area contributed by atoms with Crippen molar-refractivity contribution in [1.29, 1.82) is 0 Å². The fourth-order valence-electron chi connectivity index (χ4n) is 2.33. The van der Waals surface area contributed by atoms with E-state index in [0.29, 0.717) is 10.4 Å². The molecule has 0 radical (unpaired) electrons. The average Bonchev–Trinajstić information content (AvgIpc) is 2.61. The van der Waals surface area contributed by atoms with Crippen LogP contribution in [-0.2, 0) is 0 Å². The molecule has 23 heavy (non-hydrogen) atoms. The second-order valence-electron chi connectivity index (χ2n) is 4.98. The topological polar surface area (TPSA) is 68.9 Å². The molecule has 0 spiro atoms. The molecule has 0 saturated heterocycles. The number of rotatable bonds is 4. The van der Waals surface area contributed by atoms with Crippen molar-refractivity contribution >= 4 is 5.91 Å². The highest BCUT2D eigenvalue weighted by atomic mass is 16.5. The quantitative estimate of drug-likeness (QED) is 0.593. The summed E-state index contributed by atoms with van der Waals surface area (Å²) >= 11 is 0. The smallest absolute Gasteiger partial charge is 0.318 e. The van der Waals surface area contributed by atoms with Crippen molar-refractivity contribution in [1.82, 2.24) is 10.3 Å². The van der Waals surface area contributed by atoms with E-state index in [1.807, 2.05) is 48.5 Å². The second-order valence-corrected chi connectivity index (χ2v) is 4.98. The molecule has 0 saturated carbocycles. The number of carbonyl (C=O) groups is 1. The number of aromatic nitrogens is 2. The number of amides is 1. The van der Waals surface area contributed by atoms with Crippen LogP contribution in [0.3, 0.4) is 0 Å². The van der Waals surface area contributed by atoms with Crippen LogP contribution in [0.5, 0.6) is 0 Å². The molecule has 3 rings (SSSR count). The van der Waals surface area contributed by atoms with E-state index < -0.39 is 11.9 Å². The number of hydrogen-bond acceptors (Lipinski definition) is 3. The van der Waals surface area contributed by atoms with Gasteiger partial charge in [-0.25, -0.2) is 0 Å². The number of hydrogen-bond donors (Lipinski definition) is 1. The minimum atomic E-state index is -0.444. The number of pyridine rings is 2. The van der Waals surface area contributed by atoms with Crippen molar-refractivity contribution in [3.63, 3.8) is 0 Å². The minimum absolute atomic E-state index is 0.0457. The summed E-state index contributed by atoms with van der Waals surface area (Å²) in [5.41, 5.74) is 1.65. The van der Waals surface area contributed by atoms with Gasteiger partial charge in [-0.05, 0) is 23.8 Å². The molecule has 1 unspecified atom stereocenters. The standard InChI is InChI=1S/C18H15N3O2/c22-18(16-11-5-7-13-21(16)23)20-17(14-8-2-1-3-9-14)15-10-4-6-12-19-15/h1-13,17H,(H,20,22). The monoisotopic (exact) mass is 305 g/mol. The molecular formula is C18H15N3O2. The van der Waals surface area contributed by atoms with Crippen molar-refractivity contribution in [3.05, 3.63) is 101 Å².